The van der Waals surface area contributed by atoms with Crippen molar-refractivity contribution in [2.24, 2.45) is 7.05 Å². The van der Waals surface area contributed by atoms with E-state index in [9.17, 15) is 8.42 Å². The Labute approximate surface area is 122 Å². The molecule has 2 aromatic heterocycles. The minimum Gasteiger partial charge on any atom is -0.340 e. The van der Waals surface area contributed by atoms with Gasteiger partial charge in [0.25, 0.3) is 0 Å². The van der Waals surface area contributed by atoms with Gasteiger partial charge in [0, 0.05) is 25.2 Å². The first-order valence-corrected chi connectivity index (χ1v) is 8.17. The van der Waals surface area contributed by atoms with E-state index in [0.717, 1.165) is 16.7 Å². The Hall–Kier alpha value is -2.41. The summed E-state index contributed by atoms with van der Waals surface area (Å²) in [5.74, 6) is 0.688. The maximum Gasteiger partial charge on any atom is 0.175 e. The lowest BCUT2D eigenvalue weighted by molar-refractivity contribution is 0.602. The van der Waals surface area contributed by atoms with Gasteiger partial charge in [0.15, 0.2) is 9.84 Å². The molecule has 0 saturated carbocycles. The number of benzene rings is 1. The molecule has 108 valence electrons. The van der Waals surface area contributed by atoms with Crippen LogP contribution in [0.3, 0.4) is 0 Å². The molecule has 1 aromatic carbocycles. The zero-order chi connectivity index (χ0) is 15.0. The molecule has 0 atom stereocenters. The molecule has 6 nitrogen and oxygen atoms in total. The standard InChI is InChI=1S/C14H14N4O2S/c1-18-8-7-12-13(15-9-16-14(12)18)17-10-3-5-11(6-4-10)21(2,19)20/h3-9H,1-2H3,(H,15,16,17). The van der Waals surface area contributed by atoms with Gasteiger partial charge in [0.05, 0.1) is 10.3 Å². The molecule has 0 bridgehead atoms. The fourth-order valence-corrected chi connectivity index (χ4v) is 2.73. The van der Waals surface area contributed by atoms with Crippen LogP contribution in [0, 0.1) is 0 Å². The van der Waals surface area contributed by atoms with Crippen LogP contribution >= 0.6 is 0 Å². The van der Waals surface area contributed by atoms with Gasteiger partial charge in [-0.25, -0.2) is 18.4 Å². The van der Waals surface area contributed by atoms with Crippen molar-refractivity contribution in [2.45, 2.75) is 4.90 Å². The van der Waals surface area contributed by atoms with Gasteiger partial charge in [-0.05, 0) is 30.3 Å². The molecule has 0 unspecified atom stereocenters. The highest BCUT2D eigenvalue weighted by atomic mass is 32.2. The van der Waals surface area contributed by atoms with Crippen molar-refractivity contribution in [1.82, 2.24) is 14.5 Å². The second-order valence-corrected chi connectivity index (χ2v) is 6.82. The van der Waals surface area contributed by atoms with Crippen LogP contribution in [0.4, 0.5) is 11.5 Å². The minimum absolute atomic E-state index is 0.292. The highest BCUT2D eigenvalue weighted by Gasteiger charge is 2.09. The topological polar surface area (TPSA) is 76.9 Å². The molecule has 0 aliphatic rings. The summed E-state index contributed by atoms with van der Waals surface area (Å²) in [5, 5.41) is 4.09. The van der Waals surface area contributed by atoms with Crippen LogP contribution in [0.15, 0.2) is 47.8 Å². The number of hydrogen-bond acceptors (Lipinski definition) is 5. The molecule has 21 heavy (non-hydrogen) atoms. The Bertz CT molecular complexity index is 898. The summed E-state index contributed by atoms with van der Waals surface area (Å²) in [6.45, 7) is 0. The normalized spacial score (nSPS) is 11.7. The zero-order valence-corrected chi connectivity index (χ0v) is 12.4. The third-order valence-corrected chi connectivity index (χ3v) is 4.34. The Balaban J connectivity index is 1.95. The lowest BCUT2D eigenvalue weighted by atomic mass is 10.3. The van der Waals surface area contributed by atoms with E-state index in [-0.39, 0.29) is 0 Å². The van der Waals surface area contributed by atoms with E-state index in [4.69, 9.17) is 0 Å². The molecule has 0 saturated heterocycles. The third kappa shape index (κ3) is 2.59. The predicted octanol–water partition coefficient (Wildman–Crippen LogP) is 2.12. The number of anilines is 2. The average Bonchev–Trinajstić information content (AvgIpc) is 2.82. The molecular weight excluding hydrogens is 288 g/mol. The summed E-state index contributed by atoms with van der Waals surface area (Å²) in [6, 6.07) is 8.51. The van der Waals surface area contributed by atoms with Gasteiger partial charge >= 0.3 is 0 Å². The molecule has 0 aliphatic heterocycles. The quantitative estimate of drug-likeness (QED) is 0.802. The molecule has 1 N–H and O–H groups in total. The van der Waals surface area contributed by atoms with Gasteiger partial charge in [0.2, 0.25) is 0 Å². The lowest BCUT2D eigenvalue weighted by Gasteiger charge is -2.07. The van der Waals surface area contributed by atoms with Gasteiger partial charge in [-0.3, -0.25) is 0 Å². The predicted molar refractivity (Wildman–Crippen MR) is 81.3 cm³/mol. The number of nitrogens with zero attached hydrogens (tertiary/aromatic N) is 3. The summed E-state index contributed by atoms with van der Waals surface area (Å²) in [6.07, 6.45) is 4.60. The summed E-state index contributed by atoms with van der Waals surface area (Å²) < 4.78 is 24.8. The summed E-state index contributed by atoms with van der Waals surface area (Å²) in [4.78, 5) is 8.75. The van der Waals surface area contributed by atoms with Crippen LogP contribution in [-0.4, -0.2) is 29.2 Å². The van der Waals surface area contributed by atoms with Gasteiger partial charge in [-0.2, -0.15) is 0 Å². The van der Waals surface area contributed by atoms with Crippen LogP contribution in [0.2, 0.25) is 0 Å². The fourth-order valence-electron chi connectivity index (χ4n) is 2.10. The van der Waals surface area contributed by atoms with E-state index in [1.54, 1.807) is 24.3 Å². The van der Waals surface area contributed by atoms with Crippen LogP contribution < -0.4 is 5.32 Å². The Kier molecular flexibility index (Phi) is 3.13. The number of fused-ring (bicyclic) bond motifs is 1. The summed E-state index contributed by atoms with van der Waals surface area (Å²) in [5.41, 5.74) is 1.60. The largest absolute Gasteiger partial charge is 0.340 e. The van der Waals surface area contributed by atoms with E-state index >= 15 is 0 Å². The first-order chi connectivity index (χ1) is 9.95. The highest BCUT2D eigenvalue weighted by molar-refractivity contribution is 7.90. The van der Waals surface area contributed by atoms with Crippen LogP contribution in [0.5, 0.6) is 0 Å². The average molecular weight is 302 g/mol. The first-order valence-electron chi connectivity index (χ1n) is 6.28. The van der Waals surface area contributed by atoms with Gasteiger partial charge in [-0.15, -0.1) is 0 Å². The van der Waals surface area contributed by atoms with Crippen molar-refractivity contribution in [3.8, 4) is 0 Å². The van der Waals surface area contributed by atoms with E-state index in [0.29, 0.717) is 10.7 Å². The Morgan fingerprint density at radius 1 is 1.10 bits per heavy atom. The smallest absolute Gasteiger partial charge is 0.175 e. The number of nitrogens with one attached hydrogen (secondary N) is 1. The van der Waals surface area contributed by atoms with E-state index in [2.05, 4.69) is 15.3 Å². The molecule has 0 aliphatic carbocycles. The molecule has 7 heteroatoms. The van der Waals surface area contributed by atoms with Crippen LogP contribution in [-0.2, 0) is 16.9 Å². The Morgan fingerprint density at radius 3 is 2.48 bits per heavy atom. The minimum atomic E-state index is -3.18. The van der Waals surface area contributed by atoms with Crippen molar-refractivity contribution in [3.05, 3.63) is 42.9 Å². The molecule has 0 fully saturated rings. The van der Waals surface area contributed by atoms with Crippen LogP contribution in [0.25, 0.3) is 11.0 Å². The molecule has 2 heterocycles. The summed E-state index contributed by atoms with van der Waals surface area (Å²) in [7, 11) is -1.26. The molecule has 0 radical (unpaired) electrons. The van der Waals surface area contributed by atoms with Crippen molar-refractivity contribution in [1.29, 1.82) is 0 Å². The second kappa shape index (κ2) is 4.85. The van der Waals surface area contributed by atoms with Gasteiger partial charge in [-0.1, -0.05) is 0 Å². The van der Waals surface area contributed by atoms with Gasteiger partial charge in [0.1, 0.15) is 17.8 Å². The Morgan fingerprint density at radius 2 is 1.81 bits per heavy atom. The number of aryl methyl sites for hydroxylation is 1. The number of sulfone groups is 1. The summed E-state index contributed by atoms with van der Waals surface area (Å²) >= 11 is 0. The monoisotopic (exact) mass is 302 g/mol. The van der Waals surface area contributed by atoms with E-state index in [1.165, 1.54) is 12.6 Å². The molecule has 0 spiro atoms. The van der Waals surface area contributed by atoms with Crippen molar-refractivity contribution in [2.75, 3.05) is 11.6 Å². The number of rotatable bonds is 3. The lowest BCUT2D eigenvalue weighted by Crippen LogP contribution is -1.99. The number of hydrogen-bond donors (Lipinski definition) is 1. The zero-order valence-electron chi connectivity index (χ0n) is 11.6. The number of aromatic nitrogens is 3. The highest BCUT2D eigenvalue weighted by Crippen LogP contribution is 2.24. The molecular formula is C14H14N4O2S. The van der Waals surface area contributed by atoms with Crippen molar-refractivity contribution in [3.63, 3.8) is 0 Å². The molecule has 3 aromatic rings. The maximum atomic E-state index is 11.4. The first kappa shape index (κ1) is 13.6. The van der Waals surface area contributed by atoms with E-state index in [1.807, 2.05) is 23.9 Å². The fraction of sp³-hybridized carbons (Fsp3) is 0.143. The molecule has 3 rings (SSSR count). The van der Waals surface area contributed by atoms with Crippen LogP contribution in [0.1, 0.15) is 0 Å². The molecule has 0 amide bonds. The van der Waals surface area contributed by atoms with E-state index < -0.39 is 9.84 Å². The maximum absolute atomic E-state index is 11.4. The third-order valence-electron chi connectivity index (χ3n) is 3.21. The second-order valence-electron chi connectivity index (χ2n) is 4.81. The van der Waals surface area contributed by atoms with Gasteiger partial charge < -0.3 is 9.88 Å². The van der Waals surface area contributed by atoms with Crippen molar-refractivity contribution < 1.29 is 8.42 Å². The SMILES string of the molecule is Cn1ccc2c(Nc3ccc(S(C)(=O)=O)cc3)ncnc21. The van der Waals surface area contributed by atoms with Crippen molar-refractivity contribution >= 4 is 32.4 Å².